The van der Waals surface area contributed by atoms with E-state index < -0.39 is 0 Å². The fraction of sp³-hybridized carbons (Fsp3) is 0.314. The molecule has 0 aliphatic carbocycles. The van der Waals surface area contributed by atoms with Gasteiger partial charge in [0.25, 0.3) is 0 Å². The van der Waals surface area contributed by atoms with Crippen LogP contribution in [0.25, 0.3) is 5.43 Å². The zero-order chi connectivity index (χ0) is 27.2. The fourth-order valence-corrected chi connectivity index (χ4v) is 5.13. The Bertz CT molecular complexity index is 1300. The van der Waals surface area contributed by atoms with Gasteiger partial charge in [0, 0.05) is 16.4 Å². The van der Waals surface area contributed by atoms with Gasteiger partial charge in [-0.25, -0.2) is 0 Å². The average Bonchev–Trinajstić information content (AvgIpc) is 2.95. The van der Waals surface area contributed by atoms with Gasteiger partial charge in [0.2, 0.25) is 0 Å². The first-order valence-corrected chi connectivity index (χ1v) is 13.8. The second kappa shape index (κ2) is 11.9. The van der Waals surface area contributed by atoms with Crippen LogP contribution >= 0.6 is 0 Å². The Labute approximate surface area is 229 Å². The molecule has 4 aromatic carbocycles. The molecule has 0 heterocycles. The average molecular weight is 507 g/mol. The van der Waals surface area contributed by atoms with Crippen molar-refractivity contribution in [1.82, 2.24) is 0 Å². The molecule has 0 spiro atoms. The Balaban J connectivity index is 1.95. The predicted molar refractivity (Wildman–Crippen MR) is 160 cm³/mol. The van der Waals surface area contributed by atoms with E-state index in [1.807, 2.05) is 0 Å². The van der Waals surface area contributed by atoms with Crippen molar-refractivity contribution in [3.05, 3.63) is 131 Å². The zero-order valence-electron chi connectivity index (χ0n) is 23.8. The van der Waals surface area contributed by atoms with Crippen molar-refractivity contribution in [2.75, 3.05) is 13.2 Å². The van der Waals surface area contributed by atoms with Crippen molar-refractivity contribution < 1.29 is 9.75 Å². The van der Waals surface area contributed by atoms with Gasteiger partial charge < -0.3 is 15.2 Å². The molecule has 3 nitrogen and oxygen atoms in total. The first-order chi connectivity index (χ1) is 18.3. The van der Waals surface area contributed by atoms with E-state index in [1.54, 1.807) is 0 Å². The van der Waals surface area contributed by atoms with Crippen LogP contribution in [0.5, 0.6) is 5.75 Å². The minimum absolute atomic E-state index is 0.213. The summed E-state index contributed by atoms with van der Waals surface area (Å²) in [6.07, 6.45) is 1.02. The molecule has 1 atom stereocenters. The Morgan fingerprint density at radius 3 is 1.71 bits per heavy atom. The third-order valence-corrected chi connectivity index (χ3v) is 7.59. The number of nitrogens with one attached hydrogen (secondary N) is 1. The first-order valence-electron chi connectivity index (χ1n) is 13.8. The molecule has 1 N–H and O–H groups in total. The smallest absolute Gasteiger partial charge is 0.126 e. The lowest BCUT2D eigenvalue weighted by atomic mass is 9.72. The number of hydrogen-bond acceptors (Lipinski definition) is 1. The number of benzene rings is 4. The highest BCUT2D eigenvalue weighted by atomic mass is 16.5. The fourth-order valence-electron chi connectivity index (χ4n) is 5.13. The third kappa shape index (κ3) is 5.79. The topological polar surface area (TPSA) is 27.8 Å². The van der Waals surface area contributed by atoms with Crippen LogP contribution in [-0.4, -0.2) is 13.2 Å². The van der Waals surface area contributed by atoms with Crippen molar-refractivity contribution in [2.45, 2.75) is 58.8 Å². The standard InChI is InChI=1S/C35H42N2O/c1-7-24-37(30-22-16-11-17-23-30)36-32-26-29(34(3,4)27-18-12-9-13-19-27)25-31(33(32)38-8-2)35(5,6)28-20-14-10-15-21-28/h9-23,25-26,37H,7-8,24H2,1-6H3. The summed E-state index contributed by atoms with van der Waals surface area (Å²) >= 11 is 0. The molecule has 198 valence electrons. The summed E-state index contributed by atoms with van der Waals surface area (Å²) in [6.45, 7) is 14.9. The van der Waals surface area contributed by atoms with E-state index in [0.717, 1.165) is 40.7 Å². The molecule has 0 saturated heterocycles. The number of quaternary nitrogens is 1. The van der Waals surface area contributed by atoms with Gasteiger partial charge in [-0.3, -0.25) is 0 Å². The molecule has 0 radical (unpaired) electrons. The summed E-state index contributed by atoms with van der Waals surface area (Å²) in [7, 11) is 0. The summed E-state index contributed by atoms with van der Waals surface area (Å²) < 4.78 is 6.46. The summed E-state index contributed by atoms with van der Waals surface area (Å²) in [5.41, 5.74) is 11.9. The van der Waals surface area contributed by atoms with E-state index in [9.17, 15) is 0 Å². The molecule has 4 rings (SSSR count). The van der Waals surface area contributed by atoms with Gasteiger partial charge in [0.05, 0.1) is 13.2 Å². The molecule has 0 aromatic heterocycles. The van der Waals surface area contributed by atoms with Crippen LogP contribution in [0.15, 0.2) is 103 Å². The molecule has 0 aliphatic rings. The van der Waals surface area contributed by atoms with Gasteiger partial charge in [0.15, 0.2) is 0 Å². The van der Waals surface area contributed by atoms with E-state index in [0.29, 0.717) is 6.61 Å². The van der Waals surface area contributed by atoms with Crippen molar-refractivity contribution >= 4 is 11.4 Å². The summed E-state index contributed by atoms with van der Waals surface area (Å²) in [6, 6.07) is 36.6. The molecule has 0 aliphatic heterocycles. The molecule has 0 fully saturated rings. The van der Waals surface area contributed by atoms with E-state index >= 15 is 0 Å². The van der Waals surface area contributed by atoms with Gasteiger partial charge in [0.1, 0.15) is 11.4 Å². The lowest BCUT2D eigenvalue weighted by Gasteiger charge is -2.38. The van der Waals surface area contributed by atoms with Gasteiger partial charge in [-0.15, -0.1) is 0 Å². The number of nitrogens with zero attached hydrogens (tertiary/aromatic N) is 1. The molecule has 38 heavy (non-hydrogen) atoms. The second-order valence-electron chi connectivity index (χ2n) is 11.0. The highest BCUT2D eigenvalue weighted by Gasteiger charge is 2.31. The summed E-state index contributed by atoms with van der Waals surface area (Å²) in [5.74, 6) is 0.874. The van der Waals surface area contributed by atoms with E-state index in [2.05, 4.69) is 145 Å². The highest BCUT2D eigenvalue weighted by molar-refractivity contribution is 5.68. The quantitative estimate of drug-likeness (QED) is 0.204. The lowest BCUT2D eigenvalue weighted by Crippen LogP contribution is -3.02. The summed E-state index contributed by atoms with van der Waals surface area (Å²) in [4.78, 5) is 0. The molecule has 1 unspecified atom stereocenters. The van der Waals surface area contributed by atoms with Crippen molar-refractivity contribution in [3.8, 4) is 5.75 Å². The largest absolute Gasteiger partial charge is 0.495 e. The van der Waals surface area contributed by atoms with Crippen LogP contribution in [0.1, 0.15) is 70.2 Å². The maximum Gasteiger partial charge on any atom is 0.126 e. The molecule has 0 bridgehead atoms. The van der Waals surface area contributed by atoms with Crippen molar-refractivity contribution in [3.63, 3.8) is 0 Å². The van der Waals surface area contributed by atoms with Crippen LogP contribution in [0.4, 0.5) is 11.4 Å². The molecule has 3 heteroatoms. The maximum atomic E-state index is 6.46. The van der Waals surface area contributed by atoms with Gasteiger partial charge in [-0.05, 0) is 42.2 Å². The van der Waals surface area contributed by atoms with Gasteiger partial charge in [-0.1, -0.05) is 131 Å². The predicted octanol–water partition coefficient (Wildman–Crippen LogP) is 8.28. The Hall–Kier alpha value is -3.56. The minimum Gasteiger partial charge on any atom is -0.495 e. The molecular weight excluding hydrogens is 464 g/mol. The van der Waals surface area contributed by atoms with Gasteiger partial charge >= 0.3 is 0 Å². The number of hydrogen-bond donors (Lipinski definition) is 1. The van der Waals surface area contributed by atoms with Crippen LogP contribution in [0, 0.1) is 0 Å². The maximum absolute atomic E-state index is 6.46. The molecular formula is C35H42N2O. The van der Waals surface area contributed by atoms with Crippen LogP contribution in [-0.2, 0) is 10.8 Å². The second-order valence-corrected chi connectivity index (χ2v) is 11.0. The Morgan fingerprint density at radius 2 is 1.18 bits per heavy atom. The van der Waals surface area contributed by atoms with Crippen LogP contribution in [0.2, 0.25) is 0 Å². The van der Waals surface area contributed by atoms with Crippen molar-refractivity contribution in [2.24, 2.45) is 0 Å². The molecule has 0 saturated carbocycles. The van der Waals surface area contributed by atoms with E-state index in [-0.39, 0.29) is 10.8 Å². The monoisotopic (exact) mass is 506 g/mol. The Morgan fingerprint density at radius 1 is 0.658 bits per heavy atom. The third-order valence-electron chi connectivity index (χ3n) is 7.59. The molecule has 0 amide bonds. The Kier molecular flexibility index (Phi) is 8.58. The van der Waals surface area contributed by atoms with Gasteiger partial charge in [-0.2, -0.15) is 0 Å². The number of ether oxygens (including phenoxy) is 1. The first kappa shape index (κ1) is 27.5. The van der Waals surface area contributed by atoms with E-state index in [1.165, 1.54) is 16.7 Å². The lowest BCUT2D eigenvalue weighted by molar-refractivity contribution is -0.787. The number of para-hydroxylation sites is 1. The SMILES string of the molecule is CCC[NH+]([N-]c1cc(C(C)(C)c2ccccc2)cc(C(C)(C)c2ccccc2)c1OCC)c1ccccc1. The highest BCUT2D eigenvalue weighted by Crippen LogP contribution is 2.47. The number of rotatable bonds is 11. The summed E-state index contributed by atoms with van der Waals surface area (Å²) in [5, 5.41) is 1.09. The molecule has 4 aromatic rings. The van der Waals surface area contributed by atoms with Crippen molar-refractivity contribution in [1.29, 1.82) is 0 Å². The van der Waals surface area contributed by atoms with Crippen LogP contribution < -0.4 is 9.75 Å². The minimum atomic E-state index is -0.281. The normalized spacial score (nSPS) is 12.7. The zero-order valence-corrected chi connectivity index (χ0v) is 23.8. The van der Waals surface area contributed by atoms with Crippen LogP contribution in [0.3, 0.4) is 0 Å². The van der Waals surface area contributed by atoms with E-state index in [4.69, 9.17) is 10.2 Å².